The molecule has 0 aromatic rings. The zero-order valence-corrected chi connectivity index (χ0v) is 14.8. The van der Waals surface area contributed by atoms with Crippen molar-refractivity contribution < 1.29 is 14.3 Å². The van der Waals surface area contributed by atoms with Gasteiger partial charge < -0.3 is 14.5 Å². The van der Waals surface area contributed by atoms with Crippen molar-refractivity contribution in [3.05, 3.63) is 0 Å². The summed E-state index contributed by atoms with van der Waals surface area (Å²) in [5, 5.41) is 0. The summed E-state index contributed by atoms with van der Waals surface area (Å²) >= 11 is 0. The molecule has 1 atom stereocenters. The maximum Gasteiger partial charge on any atom is 0.236 e. The van der Waals surface area contributed by atoms with Gasteiger partial charge >= 0.3 is 0 Å². The van der Waals surface area contributed by atoms with Crippen LogP contribution in [0.5, 0.6) is 0 Å². The van der Waals surface area contributed by atoms with Gasteiger partial charge in [-0.3, -0.25) is 14.5 Å². The quantitative estimate of drug-likeness (QED) is 0.730. The predicted molar refractivity (Wildman–Crippen MR) is 89.2 cm³/mol. The number of hydrogen-bond donors (Lipinski definition) is 0. The molecule has 2 saturated heterocycles. The maximum absolute atomic E-state index is 12.7. The minimum Gasteiger partial charge on any atom is -0.383 e. The summed E-state index contributed by atoms with van der Waals surface area (Å²) < 4.78 is 5.47. The van der Waals surface area contributed by atoms with E-state index in [0.717, 1.165) is 32.2 Å². The SMILES string of the molecule is CCC[C@@]1(COC)CCCN1CC(=O)N1CCN(C(C)=O)CC1. The van der Waals surface area contributed by atoms with Crippen LogP contribution >= 0.6 is 0 Å². The number of ether oxygens (including phenoxy) is 1. The van der Waals surface area contributed by atoms with Gasteiger partial charge in [0.25, 0.3) is 0 Å². The van der Waals surface area contributed by atoms with Crippen LogP contribution in [0, 0.1) is 0 Å². The van der Waals surface area contributed by atoms with Gasteiger partial charge in [-0.2, -0.15) is 0 Å². The van der Waals surface area contributed by atoms with Crippen molar-refractivity contribution >= 4 is 11.8 Å². The van der Waals surface area contributed by atoms with Crippen LogP contribution in [0.1, 0.15) is 39.5 Å². The average Bonchev–Trinajstić information content (AvgIpc) is 2.90. The molecule has 0 aromatic heterocycles. The molecule has 23 heavy (non-hydrogen) atoms. The van der Waals surface area contributed by atoms with E-state index in [-0.39, 0.29) is 17.4 Å². The van der Waals surface area contributed by atoms with Crippen LogP contribution in [0.15, 0.2) is 0 Å². The highest BCUT2D eigenvalue weighted by Crippen LogP contribution is 2.33. The molecule has 0 spiro atoms. The molecular weight excluding hydrogens is 294 g/mol. The van der Waals surface area contributed by atoms with Crippen LogP contribution in [0.2, 0.25) is 0 Å². The Balaban J connectivity index is 1.92. The number of carbonyl (C=O) groups excluding carboxylic acids is 2. The van der Waals surface area contributed by atoms with Crippen molar-refractivity contribution in [1.29, 1.82) is 0 Å². The molecule has 6 heteroatoms. The lowest BCUT2D eigenvalue weighted by Crippen LogP contribution is -2.55. The summed E-state index contributed by atoms with van der Waals surface area (Å²) in [4.78, 5) is 30.1. The van der Waals surface area contributed by atoms with Crippen molar-refractivity contribution in [3.8, 4) is 0 Å². The lowest BCUT2D eigenvalue weighted by atomic mass is 9.91. The molecule has 0 aliphatic carbocycles. The molecule has 2 aliphatic heterocycles. The number of hydrogen-bond acceptors (Lipinski definition) is 4. The topological polar surface area (TPSA) is 53.1 Å². The molecule has 2 amide bonds. The predicted octanol–water partition coefficient (Wildman–Crippen LogP) is 0.958. The Bertz CT molecular complexity index is 413. The molecule has 2 rings (SSSR count). The number of methoxy groups -OCH3 is 1. The third kappa shape index (κ3) is 4.23. The number of carbonyl (C=O) groups is 2. The number of likely N-dealkylation sites (tertiary alicyclic amines) is 1. The second-order valence-corrected chi connectivity index (χ2v) is 6.82. The highest BCUT2D eigenvalue weighted by atomic mass is 16.5. The Kier molecular flexibility index (Phi) is 6.41. The van der Waals surface area contributed by atoms with Crippen molar-refractivity contribution in [2.24, 2.45) is 0 Å². The Morgan fingerprint density at radius 3 is 2.30 bits per heavy atom. The lowest BCUT2D eigenvalue weighted by molar-refractivity contribution is -0.140. The van der Waals surface area contributed by atoms with E-state index in [1.54, 1.807) is 14.0 Å². The van der Waals surface area contributed by atoms with Gasteiger partial charge in [0.1, 0.15) is 0 Å². The Hall–Kier alpha value is -1.14. The smallest absolute Gasteiger partial charge is 0.236 e. The highest BCUT2D eigenvalue weighted by molar-refractivity contribution is 5.79. The molecule has 0 unspecified atom stereocenters. The zero-order valence-electron chi connectivity index (χ0n) is 14.8. The van der Waals surface area contributed by atoms with E-state index in [1.807, 2.05) is 9.80 Å². The van der Waals surface area contributed by atoms with Crippen LogP contribution in [0.25, 0.3) is 0 Å². The van der Waals surface area contributed by atoms with Gasteiger partial charge in [0.05, 0.1) is 13.2 Å². The van der Waals surface area contributed by atoms with E-state index in [2.05, 4.69) is 11.8 Å². The van der Waals surface area contributed by atoms with Gasteiger partial charge in [-0.15, -0.1) is 0 Å². The van der Waals surface area contributed by atoms with Crippen LogP contribution < -0.4 is 0 Å². The Morgan fingerprint density at radius 1 is 1.09 bits per heavy atom. The fourth-order valence-electron chi connectivity index (χ4n) is 4.03. The number of amides is 2. The first-order valence-electron chi connectivity index (χ1n) is 8.79. The molecule has 2 aliphatic rings. The van der Waals surface area contributed by atoms with E-state index < -0.39 is 0 Å². The van der Waals surface area contributed by atoms with Gasteiger partial charge in [-0.25, -0.2) is 0 Å². The Labute approximate surface area is 139 Å². The third-order valence-electron chi connectivity index (χ3n) is 5.27. The third-order valence-corrected chi connectivity index (χ3v) is 5.27. The van der Waals surface area contributed by atoms with Crippen molar-refractivity contribution in [3.63, 3.8) is 0 Å². The van der Waals surface area contributed by atoms with E-state index in [0.29, 0.717) is 39.3 Å². The minimum atomic E-state index is 0.0281. The van der Waals surface area contributed by atoms with Crippen LogP contribution in [0.3, 0.4) is 0 Å². The molecule has 0 bridgehead atoms. The van der Waals surface area contributed by atoms with Crippen molar-refractivity contribution in [2.75, 3.05) is 53.0 Å². The fourth-order valence-corrected chi connectivity index (χ4v) is 4.03. The maximum atomic E-state index is 12.7. The van der Waals surface area contributed by atoms with E-state index in [4.69, 9.17) is 4.74 Å². The first-order chi connectivity index (χ1) is 11.0. The van der Waals surface area contributed by atoms with Gasteiger partial charge in [-0.1, -0.05) is 13.3 Å². The standard InChI is InChI=1S/C17H31N3O3/c1-4-6-17(14-23-3)7-5-8-20(17)13-16(22)19-11-9-18(10-12-19)15(2)21/h4-14H2,1-3H3/t17-/m0/s1. The Morgan fingerprint density at radius 2 is 1.74 bits per heavy atom. The monoisotopic (exact) mass is 325 g/mol. The van der Waals surface area contributed by atoms with E-state index in [1.165, 1.54) is 0 Å². The molecule has 0 radical (unpaired) electrons. The van der Waals surface area contributed by atoms with Crippen LogP contribution in [-0.2, 0) is 14.3 Å². The lowest BCUT2D eigenvalue weighted by Gasteiger charge is -2.40. The summed E-state index contributed by atoms with van der Waals surface area (Å²) in [5.41, 5.74) is 0.0281. The summed E-state index contributed by atoms with van der Waals surface area (Å²) in [5.74, 6) is 0.283. The average molecular weight is 325 g/mol. The second-order valence-electron chi connectivity index (χ2n) is 6.82. The first kappa shape index (κ1) is 18.2. The van der Waals surface area contributed by atoms with Gasteiger partial charge in [0.15, 0.2) is 0 Å². The normalized spacial score (nSPS) is 25.9. The number of piperazine rings is 1. The number of nitrogens with zero attached hydrogens (tertiary/aromatic N) is 3. The zero-order chi connectivity index (χ0) is 16.9. The van der Waals surface area contributed by atoms with Crippen LogP contribution in [-0.4, -0.2) is 85.0 Å². The molecular formula is C17H31N3O3. The summed E-state index contributed by atoms with van der Waals surface area (Å²) in [7, 11) is 1.75. The first-order valence-corrected chi connectivity index (χ1v) is 8.79. The second kappa shape index (κ2) is 8.11. The minimum absolute atomic E-state index is 0.0281. The molecule has 0 N–H and O–H groups in total. The van der Waals surface area contributed by atoms with Crippen molar-refractivity contribution in [2.45, 2.75) is 45.1 Å². The molecule has 2 fully saturated rings. The molecule has 0 aromatic carbocycles. The van der Waals surface area contributed by atoms with Crippen molar-refractivity contribution in [1.82, 2.24) is 14.7 Å². The summed E-state index contributed by atoms with van der Waals surface area (Å²) in [6.07, 6.45) is 4.42. The van der Waals surface area contributed by atoms with Gasteiger partial charge in [-0.05, 0) is 25.8 Å². The summed E-state index contributed by atoms with van der Waals surface area (Å²) in [6, 6.07) is 0. The van der Waals surface area contributed by atoms with Crippen LogP contribution in [0.4, 0.5) is 0 Å². The summed E-state index contributed by atoms with van der Waals surface area (Å²) in [6.45, 7) is 8.54. The van der Waals surface area contributed by atoms with Gasteiger partial charge in [0, 0.05) is 45.8 Å². The fraction of sp³-hybridized carbons (Fsp3) is 0.882. The molecule has 0 saturated carbocycles. The highest BCUT2D eigenvalue weighted by Gasteiger charge is 2.41. The molecule has 132 valence electrons. The molecule has 2 heterocycles. The number of rotatable bonds is 6. The van der Waals surface area contributed by atoms with E-state index >= 15 is 0 Å². The molecule has 6 nitrogen and oxygen atoms in total. The van der Waals surface area contributed by atoms with Gasteiger partial charge in [0.2, 0.25) is 11.8 Å². The largest absolute Gasteiger partial charge is 0.383 e. The van der Waals surface area contributed by atoms with E-state index in [9.17, 15) is 9.59 Å².